The average Bonchev–Trinajstić information content (AvgIpc) is 2.07. The number of amides is 1. The molecule has 0 N–H and O–H groups in total. The molecular weight excluding hydrogens is 267 g/mol. The van der Waals surface area contributed by atoms with Crippen LogP contribution in [0.25, 0.3) is 0 Å². The Labute approximate surface area is 94.2 Å². The van der Waals surface area contributed by atoms with Gasteiger partial charge >= 0.3 is 6.09 Å². The van der Waals surface area contributed by atoms with Crippen molar-refractivity contribution in [2.24, 2.45) is 0 Å². The summed E-state index contributed by atoms with van der Waals surface area (Å²) in [5.41, 5.74) is 0. The van der Waals surface area contributed by atoms with Crippen molar-refractivity contribution in [1.82, 2.24) is 9.88 Å². The van der Waals surface area contributed by atoms with E-state index in [4.69, 9.17) is 4.74 Å². The van der Waals surface area contributed by atoms with Crippen molar-refractivity contribution in [3.05, 3.63) is 22.6 Å². The van der Waals surface area contributed by atoms with Crippen LogP contribution in [0.2, 0.25) is 0 Å². The molecule has 6 heteroatoms. The van der Waals surface area contributed by atoms with Crippen molar-refractivity contribution in [2.45, 2.75) is 6.42 Å². The van der Waals surface area contributed by atoms with E-state index >= 15 is 0 Å². The molecule has 2 rings (SSSR count). The lowest BCUT2D eigenvalue weighted by atomic mass is 10.2. The van der Waals surface area contributed by atoms with Gasteiger partial charge < -0.3 is 9.64 Å². The molecule has 15 heavy (non-hydrogen) atoms. The van der Waals surface area contributed by atoms with Crippen molar-refractivity contribution in [2.75, 3.05) is 13.1 Å². The van der Waals surface area contributed by atoms with Crippen LogP contribution in [-0.2, 0) is 0 Å². The lowest BCUT2D eigenvalue weighted by Gasteiger charge is -2.29. The number of hydrogen-bond donors (Lipinski definition) is 0. The maximum absolute atomic E-state index is 13.2. The number of carbonyl (C=O) groups is 1. The molecule has 0 atom stereocenters. The second-order valence-corrected chi connectivity index (χ2v) is 4.06. The van der Waals surface area contributed by atoms with Crippen molar-refractivity contribution in [3.8, 4) is 5.88 Å². The monoisotopic (exact) mass is 274 g/mol. The fourth-order valence-corrected chi connectivity index (χ4v) is 1.43. The van der Waals surface area contributed by atoms with Crippen LogP contribution in [0.5, 0.6) is 5.88 Å². The summed E-state index contributed by atoms with van der Waals surface area (Å²) in [6, 6.07) is 1.20. The Hall–Kier alpha value is -1.17. The maximum Gasteiger partial charge on any atom is 0.416 e. The number of likely N-dealkylation sites (tertiary alicyclic amines) is 1. The Kier molecular flexibility index (Phi) is 2.86. The van der Waals surface area contributed by atoms with Gasteiger partial charge in [0, 0.05) is 23.8 Å². The third-order valence-electron chi connectivity index (χ3n) is 2.07. The van der Waals surface area contributed by atoms with Gasteiger partial charge in [-0.3, -0.25) is 0 Å². The first-order valence-corrected chi connectivity index (χ1v) is 5.24. The summed E-state index contributed by atoms with van der Waals surface area (Å²) in [4.78, 5) is 16.5. The first-order valence-electron chi connectivity index (χ1n) is 4.44. The van der Waals surface area contributed by atoms with E-state index in [0.29, 0.717) is 17.6 Å². The number of halogens is 2. The van der Waals surface area contributed by atoms with E-state index in [1.165, 1.54) is 17.2 Å². The van der Waals surface area contributed by atoms with Crippen LogP contribution in [0.1, 0.15) is 6.42 Å². The van der Waals surface area contributed by atoms with Gasteiger partial charge in [0.1, 0.15) is 0 Å². The smallest absolute Gasteiger partial charge is 0.388 e. The van der Waals surface area contributed by atoms with Crippen LogP contribution in [-0.4, -0.2) is 29.1 Å². The van der Waals surface area contributed by atoms with Crippen LogP contribution in [0.15, 0.2) is 16.7 Å². The van der Waals surface area contributed by atoms with Crippen LogP contribution >= 0.6 is 15.9 Å². The van der Waals surface area contributed by atoms with Crippen molar-refractivity contribution >= 4 is 22.0 Å². The van der Waals surface area contributed by atoms with Gasteiger partial charge in [-0.25, -0.2) is 14.2 Å². The number of carbonyl (C=O) groups excluding carboxylic acids is 1. The van der Waals surface area contributed by atoms with E-state index in [-0.39, 0.29) is 5.88 Å². The largest absolute Gasteiger partial charge is 0.416 e. The summed E-state index contributed by atoms with van der Waals surface area (Å²) in [6.07, 6.45) is 1.79. The van der Waals surface area contributed by atoms with Crippen LogP contribution in [0.3, 0.4) is 0 Å². The molecule has 1 aromatic rings. The first-order chi connectivity index (χ1) is 7.16. The molecule has 1 amide bonds. The van der Waals surface area contributed by atoms with Gasteiger partial charge in [-0.05, 0) is 28.4 Å². The molecule has 1 aliphatic heterocycles. The molecule has 0 spiro atoms. The fourth-order valence-electron chi connectivity index (χ4n) is 1.12. The molecule has 0 radical (unpaired) electrons. The summed E-state index contributed by atoms with van der Waals surface area (Å²) >= 11 is 3.06. The third kappa shape index (κ3) is 2.26. The molecule has 0 aromatic carbocycles. The lowest BCUT2D eigenvalue weighted by Crippen LogP contribution is -2.43. The average molecular weight is 275 g/mol. The van der Waals surface area contributed by atoms with E-state index in [1.807, 2.05) is 0 Å². The zero-order chi connectivity index (χ0) is 10.8. The van der Waals surface area contributed by atoms with Gasteiger partial charge in [-0.1, -0.05) is 0 Å². The number of aromatic nitrogens is 1. The topological polar surface area (TPSA) is 42.4 Å². The number of ether oxygens (including phenoxy) is 1. The highest BCUT2D eigenvalue weighted by atomic mass is 79.9. The molecule has 2 heterocycles. The lowest BCUT2D eigenvalue weighted by molar-refractivity contribution is 0.121. The Morgan fingerprint density at radius 1 is 1.60 bits per heavy atom. The summed E-state index contributed by atoms with van der Waals surface area (Å²) in [6.45, 7) is 1.33. The zero-order valence-electron chi connectivity index (χ0n) is 7.74. The molecule has 1 aliphatic rings. The number of hydrogen-bond acceptors (Lipinski definition) is 3. The molecular formula is C9H8BrFN2O2. The Morgan fingerprint density at radius 3 is 2.87 bits per heavy atom. The quantitative estimate of drug-likeness (QED) is 0.789. The van der Waals surface area contributed by atoms with Gasteiger partial charge in [0.2, 0.25) is 0 Å². The highest BCUT2D eigenvalue weighted by Crippen LogP contribution is 2.19. The van der Waals surface area contributed by atoms with Gasteiger partial charge in [0.25, 0.3) is 5.88 Å². The summed E-state index contributed by atoms with van der Waals surface area (Å²) in [5, 5.41) is 0. The van der Waals surface area contributed by atoms with Gasteiger partial charge in [-0.2, -0.15) is 0 Å². The highest BCUT2D eigenvalue weighted by molar-refractivity contribution is 9.10. The van der Waals surface area contributed by atoms with E-state index in [1.54, 1.807) is 0 Å². The minimum Gasteiger partial charge on any atom is -0.388 e. The predicted octanol–water partition coefficient (Wildman–Crippen LogP) is 2.19. The highest BCUT2D eigenvalue weighted by Gasteiger charge is 2.23. The molecule has 4 nitrogen and oxygen atoms in total. The maximum atomic E-state index is 13.2. The van der Waals surface area contributed by atoms with Gasteiger partial charge in [-0.15, -0.1) is 0 Å². The zero-order valence-corrected chi connectivity index (χ0v) is 9.33. The van der Waals surface area contributed by atoms with Crippen LogP contribution < -0.4 is 4.74 Å². The standard InChI is InChI=1S/C9H8BrFN2O2/c10-6-4-7(11)8(12-5-6)15-9(14)13-2-1-3-13/h4-5H,1-3H2. The molecule has 1 saturated heterocycles. The van der Waals surface area contributed by atoms with Crippen molar-refractivity contribution < 1.29 is 13.9 Å². The van der Waals surface area contributed by atoms with Gasteiger partial charge in [0.15, 0.2) is 5.82 Å². The number of rotatable bonds is 1. The van der Waals surface area contributed by atoms with Crippen molar-refractivity contribution in [3.63, 3.8) is 0 Å². The Morgan fingerprint density at radius 2 is 2.33 bits per heavy atom. The summed E-state index contributed by atoms with van der Waals surface area (Å²) in [5.74, 6) is -0.937. The molecule has 0 saturated carbocycles. The van der Waals surface area contributed by atoms with Crippen LogP contribution in [0.4, 0.5) is 9.18 Å². The molecule has 0 aliphatic carbocycles. The second kappa shape index (κ2) is 4.14. The van der Waals surface area contributed by atoms with E-state index in [0.717, 1.165) is 6.42 Å². The Bertz CT molecular complexity index is 396. The second-order valence-electron chi connectivity index (χ2n) is 3.15. The normalized spacial score (nSPS) is 14.7. The number of pyridine rings is 1. The van der Waals surface area contributed by atoms with Crippen LogP contribution in [0, 0.1) is 5.82 Å². The SMILES string of the molecule is O=C(Oc1ncc(Br)cc1F)N1CCC1. The van der Waals surface area contributed by atoms with Gasteiger partial charge in [0.05, 0.1) is 0 Å². The van der Waals surface area contributed by atoms with Crippen molar-refractivity contribution in [1.29, 1.82) is 0 Å². The Balaban J connectivity index is 2.06. The summed E-state index contributed by atoms with van der Waals surface area (Å²) < 4.78 is 18.5. The minimum atomic E-state index is -0.654. The molecule has 0 unspecified atom stereocenters. The minimum absolute atomic E-state index is 0.282. The van der Waals surface area contributed by atoms with E-state index < -0.39 is 11.9 Å². The molecule has 80 valence electrons. The summed E-state index contributed by atoms with van der Waals surface area (Å²) in [7, 11) is 0. The first kappa shape index (κ1) is 10.4. The van der Waals surface area contributed by atoms with E-state index in [2.05, 4.69) is 20.9 Å². The third-order valence-corrected chi connectivity index (χ3v) is 2.51. The predicted molar refractivity (Wildman–Crippen MR) is 54.1 cm³/mol. The number of nitrogens with zero attached hydrogens (tertiary/aromatic N) is 2. The fraction of sp³-hybridized carbons (Fsp3) is 0.333. The molecule has 1 aromatic heterocycles. The van der Waals surface area contributed by atoms with E-state index in [9.17, 15) is 9.18 Å². The molecule has 0 bridgehead atoms. The molecule has 1 fully saturated rings.